The molecular formula is C17H21N3O2. The van der Waals surface area contributed by atoms with E-state index in [1.165, 1.54) is 0 Å². The third-order valence-electron chi connectivity index (χ3n) is 4.10. The van der Waals surface area contributed by atoms with Gasteiger partial charge in [-0.05, 0) is 38.3 Å². The Labute approximate surface area is 130 Å². The fourth-order valence-electron chi connectivity index (χ4n) is 3.06. The van der Waals surface area contributed by atoms with Crippen LogP contribution >= 0.6 is 0 Å². The molecule has 2 heterocycles. The zero-order chi connectivity index (χ0) is 15.5. The Kier molecular flexibility index (Phi) is 4.24. The maximum Gasteiger partial charge on any atom is 0.257 e. The van der Waals surface area contributed by atoms with E-state index in [1.54, 1.807) is 24.0 Å². The summed E-state index contributed by atoms with van der Waals surface area (Å²) < 4.78 is 1.72. The number of aromatic nitrogens is 2. The summed E-state index contributed by atoms with van der Waals surface area (Å²) in [5.74, 6) is 0.00494. The number of aliphatic hydroxyl groups is 1. The first-order chi connectivity index (χ1) is 10.6. The van der Waals surface area contributed by atoms with Gasteiger partial charge in [0.05, 0.1) is 23.6 Å². The Morgan fingerprint density at radius 2 is 2.18 bits per heavy atom. The molecule has 5 nitrogen and oxygen atoms in total. The maximum absolute atomic E-state index is 12.7. The molecule has 0 aliphatic carbocycles. The van der Waals surface area contributed by atoms with Crippen molar-refractivity contribution in [3.63, 3.8) is 0 Å². The second kappa shape index (κ2) is 6.32. The molecule has 0 saturated carbocycles. The molecule has 2 aromatic rings. The van der Waals surface area contributed by atoms with Crippen molar-refractivity contribution in [2.45, 2.75) is 38.3 Å². The van der Waals surface area contributed by atoms with Gasteiger partial charge in [0, 0.05) is 18.8 Å². The fraction of sp³-hybridized carbons (Fsp3) is 0.412. The molecule has 1 amide bonds. The minimum absolute atomic E-state index is 0.00494. The highest BCUT2D eigenvalue weighted by molar-refractivity contribution is 5.94. The zero-order valence-electron chi connectivity index (χ0n) is 12.7. The zero-order valence-corrected chi connectivity index (χ0v) is 12.7. The van der Waals surface area contributed by atoms with Crippen molar-refractivity contribution < 1.29 is 9.90 Å². The summed E-state index contributed by atoms with van der Waals surface area (Å²) in [5.41, 5.74) is 1.53. The summed E-state index contributed by atoms with van der Waals surface area (Å²) in [5, 5.41) is 13.9. The number of hydrogen-bond donors (Lipinski definition) is 1. The standard InChI is InChI=1S/C17H21N3O2/c1-13(21)10-16-8-5-9-19(16)17(22)14-11-18-20(12-14)15-6-3-2-4-7-15/h2-4,6-7,11-13,16,21H,5,8-10H2,1H3. The first kappa shape index (κ1) is 14.8. The molecule has 1 aromatic carbocycles. The Morgan fingerprint density at radius 3 is 2.91 bits per heavy atom. The van der Waals surface area contributed by atoms with Crippen LogP contribution in [0.3, 0.4) is 0 Å². The van der Waals surface area contributed by atoms with Crippen LogP contribution in [0, 0.1) is 0 Å². The Hall–Kier alpha value is -2.14. The number of hydrogen-bond acceptors (Lipinski definition) is 3. The van der Waals surface area contributed by atoms with Gasteiger partial charge in [-0.1, -0.05) is 18.2 Å². The molecule has 1 N–H and O–H groups in total. The Morgan fingerprint density at radius 1 is 1.41 bits per heavy atom. The minimum Gasteiger partial charge on any atom is -0.393 e. The third-order valence-corrected chi connectivity index (χ3v) is 4.10. The van der Waals surface area contributed by atoms with Crippen molar-refractivity contribution >= 4 is 5.91 Å². The summed E-state index contributed by atoms with van der Waals surface area (Å²) in [4.78, 5) is 14.5. The molecule has 1 aliphatic heterocycles. The molecule has 0 bridgehead atoms. The highest BCUT2D eigenvalue weighted by Gasteiger charge is 2.30. The number of aliphatic hydroxyl groups excluding tert-OH is 1. The molecule has 2 atom stereocenters. The largest absolute Gasteiger partial charge is 0.393 e. The Bertz CT molecular complexity index is 636. The van der Waals surface area contributed by atoms with Crippen LogP contribution in [0.25, 0.3) is 5.69 Å². The van der Waals surface area contributed by atoms with E-state index in [2.05, 4.69) is 5.10 Å². The fourth-order valence-corrected chi connectivity index (χ4v) is 3.06. The quantitative estimate of drug-likeness (QED) is 0.942. The van der Waals surface area contributed by atoms with E-state index in [1.807, 2.05) is 35.2 Å². The van der Waals surface area contributed by atoms with Crippen molar-refractivity contribution in [1.29, 1.82) is 0 Å². The molecule has 22 heavy (non-hydrogen) atoms. The van der Waals surface area contributed by atoms with Gasteiger partial charge < -0.3 is 10.0 Å². The molecule has 1 aliphatic rings. The van der Waals surface area contributed by atoms with E-state index < -0.39 is 0 Å². The third kappa shape index (κ3) is 3.04. The van der Waals surface area contributed by atoms with Crippen LogP contribution in [0.5, 0.6) is 0 Å². The summed E-state index contributed by atoms with van der Waals surface area (Å²) in [6.45, 7) is 2.53. The van der Waals surface area contributed by atoms with Gasteiger partial charge >= 0.3 is 0 Å². The summed E-state index contributed by atoms with van der Waals surface area (Å²) in [6.07, 6.45) is 5.60. The normalized spacial score (nSPS) is 19.4. The van der Waals surface area contributed by atoms with Crippen LogP contribution in [0.2, 0.25) is 0 Å². The molecule has 3 rings (SSSR count). The van der Waals surface area contributed by atoms with Crippen LogP contribution in [-0.2, 0) is 0 Å². The number of carbonyl (C=O) groups excluding carboxylic acids is 1. The lowest BCUT2D eigenvalue weighted by atomic mass is 10.1. The van der Waals surface area contributed by atoms with Crippen LogP contribution in [0.15, 0.2) is 42.7 Å². The van der Waals surface area contributed by atoms with Gasteiger partial charge in [-0.3, -0.25) is 4.79 Å². The lowest BCUT2D eigenvalue weighted by Gasteiger charge is -2.25. The SMILES string of the molecule is CC(O)CC1CCCN1C(=O)c1cnn(-c2ccccc2)c1. The van der Waals surface area contributed by atoms with Crippen molar-refractivity contribution in [1.82, 2.24) is 14.7 Å². The molecule has 2 unspecified atom stereocenters. The highest BCUT2D eigenvalue weighted by atomic mass is 16.3. The van der Waals surface area contributed by atoms with Crippen molar-refractivity contribution in [2.24, 2.45) is 0 Å². The molecule has 5 heteroatoms. The van der Waals surface area contributed by atoms with Gasteiger partial charge in [0.15, 0.2) is 0 Å². The van der Waals surface area contributed by atoms with E-state index >= 15 is 0 Å². The number of benzene rings is 1. The first-order valence-corrected chi connectivity index (χ1v) is 7.74. The van der Waals surface area contributed by atoms with Gasteiger partial charge in [-0.25, -0.2) is 4.68 Å². The minimum atomic E-state index is -0.384. The number of rotatable bonds is 4. The van der Waals surface area contributed by atoms with E-state index in [-0.39, 0.29) is 18.1 Å². The smallest absolute Gasteiger partial charge is 0.257 e. The number of nitrogens with zero attached hydrogens (tertiary/aromatic N) is 3. The molecule has 1 fully saturated rings. The molecule has 116 valence electrons. The van der Waals surface area contributed by atoms with Gasteiger partial charge in [-0.2, -0.15) is 5.10 Å². The van der Waals surface area contributed by atoms with E-state index in [4.69, 9.17) is 0 Å². The monoisotopic (exact) mass is 299 g/mol. The second-order valence-corrected chi connectivity index (χ2v) is 5.89. The summed E-state index contributed by atoms with van der Waals surface area (Å²) >= 11 is 0. The molecule has 0 spiro atoms. The second-order valence-electron chi connectivity index (χ2n) is 5.89. The summed E-state index contributed by atoms with van der Waals surface area (Å²) in [7, 11) is 0. The lowest BCUT2D eigenvalue weighted by Crippen LogP contribution is -2.37. The molecule has 0 radical (unpaired) electrons. The topological polar surface area (TPSA) is 58.4 Å². The van der Waals surface area contributed by atoms with Crippen molar-refractivity contribution in [2.75, 3.05) is 6.54 Å². The molecule has 1 aromatic heterocycles. The Balaban J connectivity index is 1.77. The van der Waals surface area contributed by atoms with Gasteiger partial charge in [0.1, 0.15) is 0 Å². The first-order valence-electron chi connectivity index (χ1n) is 7.74. The van der Waals surface area contributed by atoms with Gasteiger partial charge in [-0.15, -0.1) is 0 Å². The van der Waals surface area contributed by atoms with Crippen molar-refractivity contribution in [3.8, 4) is 5.69 Å². The molecule has 1 saturated heterocycles. The average molecular weight is 299 g/mol. The number of amides is 1. The molecular weight excluding hydrogens is 278 g/mol. The van der Waals surface area contributed by atoms with E-state index in [0.29, 0.717) is 12.0 Å². The lowest BCUT2D eigenvalue weighted by molar-refractivity contribution is 0.0682. The number of likely N-dealkylation sites (tertiary alicyclic amines) is 1. The van der Waals surface area contributed by atoms with Crippen molar-refractivity contribution in [3.05, 3.63) is 48.3 Å². The number of para-hydroxylation sites is 1. The number of carbonyl (C=O) groups is 1. The predicted octanol–water partition coefficient (Wildman–Crippen LogP) is 2.25. The average Bonchev–Trinajstić information content (AvgIpc) is 3.16. The van der Waals surface area contributed by atoms with Crippen LogP contribution in [-0.4, -0.2) is 44.4 Å². The van der Waals surface area contributed by atoms with Gasteiger partial charge in [0.25, 0.3) is 5.91 Å². The van der Waals surface area contributed by atoms with Gasteiger partial charge in [0.2, 0.25) is 0 Å². The summed E-state index contributed by atoms with van der Waals surface area (Å²) in [6, 6.07) is 9.87. The highest BCUT2D eigenvalue weighted by Crippen LogP contribution is 2.23. The maximum atomic E-state index is 12.7. The van der Waals surface area contributed by atoms with Crippen LogP contribution in [0.4, 0.5) is 0 Å². The van der Waals surface area contributed by atoms with E-state index in [0.717, 1.165) is 25.1 Å². The van der Waals surface area contributed by atoms with E-state index in [9.17, 15) is 9.90 Å². The van der Waals surface area contributed by atoms with Crippen LogP contribution in [0.1, 0.15) is 36.5 Å². The predicted molar refractivity (Wildman–Crippen MR) is 83.9 cm³/mol. The van der Waals surface area contributed by atoms with Crippen LogP contribution < -0.4 is 0 Å².